The van der Waals surface area contributed by atoms with Crippen LogP contribution >= 0.6 is 13.5 Å². The predicted molar refractivity (Wildman–Crippen MR) is 284 cm³/mol. The molecule has 2 bridgehead atoms. The largest absolute Gasteiger partial charge is 0.780 e. The summed E-state index contributed by atoms with van der Waals surface area (Å²) in [7, 11) is -1.37. The number of aromatic nitrogens is 7. The zero-order valence-electron chi connectivity index (χ0n) is 43.7. The van der Waals surface area contributed by atoms with Crippen LogP contribution in [0, 0.1) is 0 Å². The highest BCUT2D eigenvalue weighted by Gasteiger charge is 2.52. The molecule has 23 nitrogen and oxygen atoms in total. The maximum Gasteiger partial charge on any atom is 0.407 e. The molecule has 7 N–H and O–H groups in total. The van der Waals surface area contributed by atoms with Crippen molar-refractivity contribution >= 4 is 91.5 Å². The first-order chi connectivity index (χ1) is 35.2. The molecule has 74 heavy (non-hydrogen) atoms. The number of quaternary nitrogens is 2. The summed E-state index contributed by atoms with van der Waals surface area (Å²) in [4.78, 5) is 50.8. The van der Waals surface area contributed by atoms with Gasteiger partial charge >= 0.3 is 6.09 Å². The predicted octanol–water partition coefficient (Wildman–Crippen LogP) is 3.08. The van der Waals surface area contributed by atoms with Crippen LogP contribution < -0.4 is 36.4 Å². The number of hydrogen-bond donors (Lipinski definition) is 6. The van der Waals surface area contributed by atoms with E-state index in [1.165, 1.54) is 61.1 Å². The van der Waals surface area contributed by atoms with Gasteiger partial charge in [-0.05, 0) is 66.0 Å². The van der Waals surface area contributed by atoms with Crippen LogP contribution in [0.2, 0.25) is 25.7 Å². The first-order valence-corrected chi connectivity index (χ1v) is 34.3. The molecule has 30 heteroatoms. The van der Waals surface area contributed by atoms with Gasteiger partial charge in [-0.2, -0.15) is 9.97 Å². The molecule has 3 saturated heterocycles. The fourth-order valence-corrected chi connectivity index (χ4v) is 12.3. The smallest absolute Gasteiger partial charge is 0.407 e. The van der Waals surface area contributed by atoms with Crippen molar-refractivity contribution < 1.29 is 65.1 Å². The number of amides is 1. The molecule has 4 aromatic rings. The summed E-state index contributed by atoms with van der Waals surface area (Å²) >= 11 is 10.4. The highest BCUT2D eigenvalue weighted by Crippen LogP contribution is 2.54. The fourth-order valence-electron chi connectivity index (χ4n) is 8.74. The Morgan fingerprint density at radius 3 is 2.23 bits per heavy atom. The SMILES string of the molecule is CC[NH+](CC)CC.CC[NH+](CC)CC.C[Si](C)(C)CCOC(=O)NCCNc1nc(N)c2ncn([C@@H]3O[C@@H]4COP([O-])(=S)O[C@H]5[C@@H](F)[C@H](n6cc7c8c(ncnc86)NCCC7)O[C@@H]5COP(=O)([S-])O[C@@H]3[C@@H]4F)c2n1. The molecule has 8 rings (SSSR count). The lowest BCUT2D eigenvalue weighted by atomic mass is 10.1. The summed E-state index contributed by atoms with van der Waals surface area (Å²) in [6.45, 7) is 18.1. The fraction of sp³-hybridized carbons (Fsp3) is 0.727. The van der Waals surface area contributed by atoms with Crippen molar-refractivity contribution in [3.05, 3.63) is 24.4 Å². The Bertz CT molecular complexity index is 2540. The van der Waals surface area contributed by atoms with E-state index in [4.69, 9.17) is 62.1 Å². The molecule has 2 unspecified atom stereocenters. The van der Waals surface area contributed by atoms with Crippen LogP contribution in [0.3, 0.4) is 0 Å². The second-order valence-corrected chi connectivity index (χ2v) is 30.4. The molecule has 8 heterocycles. The molecule has 0 spiro atoms. The molecule has 416 valence electrons. The third-order valence-corrected chi connectivity index (χ3v) is 18.0. The van der Waals surface area contributed by atoms with E-state index in [-0.39, 0.29) is 36.0 Å². The molecule has 4 aliphatic heterocycles. The molecule has 0 aromatic carbocycles. The minimum Gasteiger partial charge on any atom is -0.780 e. The van der Waals surface area contributed by atoms with Crippen molar-refractivity contribution in [1.82, 2.24) is 39.4 Å². The third kappa shape index (κ3) is 15.5. The van der Waals surface area contributed by atoms with Crippen molar-refractivity contribution in [2.45, 2.75) is 129 Å². The monoisotopic (exact) mass is 1140 g/mol. The molecular weight excluding hydrogens is 1060 g/mol. The minimum atomic E-state index is -4.65. The number of carbonyl (C=O) groups is 1. The Morgan fingerprint density at radius 1 is 0.919 bits per heavy atom. The van der Waals surface area contributed by atoms with E-state index in [2.05, 4.69) is 102 Å². The van der Waals surface area contributed by atoms with Gasteiger partial charge in [-0.1, -0.05) is 31.4 Å². The maximum atomic E-state index is 16.5. The van der Waals surface area contributed by atoms with Crippen LogP contribution in [0.15, 0.2) is 18.9 Å². The van der Waals surface area contributed by atoms with Crippen molar-refractivity contribution in [1.29, 1.82) is 0 Å². The number of alkyl carbamates (subject to hydrolysis) is 1. The number of nitrogens with one attached hydrogen (secondary N) is 5. The summed E-state index contributed by atoms with van der Waals surface area (Å²) in [6.07, 6.45) is -8.26. The van der Waals surface area contributed by atoms with Crippen LogP contribution in [-0.2, 0) is 67.3 Å². The number of anilines is 3. The first kappa shape index (κ1) is 60.0. The summed E-state index contributed by atoms with van der Waals surface area (Å²) in [5, 5.41) is 9.53. The van der Waals surface area contributed by atoms with E-state index in [1.54, 1.807) is 16.0 Å². The molecule has 3 fully saturated rings. The van der Waals surface area contributed by atoms with Crippen LogP contribution in [0.5, 0.6) is 0 Å². The van der Waals surface area contributed by atoms with E-state index in [1.807, 2.05) is 0 Å². The third-order valence-electron chi connectivity index (χ3n) is 13.2. The lowest BCUT2D eigenvalue weighted by Crippen LogP contribution is -3.11. The summed E-state index contributed by atoms with van der Waals surface area (Å²) in [5.74, 6) is 0.561. The van der Waals surface area contributed by atoms with Gasteiger partial charge in [-0.15, -0.1) is 0 Å². The number of halogens is 2. The Balaban J connectivity index is 0.000000560. The zero-order chi connectivity index (χ0) is 54.0. The number of alkyl halides is 2. The summed E-state index contributed by atoms with van der Waals surface area (Å²) < 4.78 is 89.0. The highest BCUT2D eigenvalue weighted by atomic mass is 32.7. The second kappa shape index (κ2) is 26.9. The van der Waals surface area contributed by atoms with Gasteiger partial charge in [0.1, 0.15) is 54.4 Å². The van der Waals surface area contributed by atoms with Crippen LogP contribution in [0.1, 0.15) is 66.0 Å². The number of hydrogen-bond acceptors (Lipinski definition) is 20. The second-order valence-electron chi connectivity index (χ2n) is 19.3. The van der Waals surface area contributed by atoms with Gasteiger partial charge in [0.25, 0.3) is 0 Å². The highest BCUT2D eigenvalue weighted by molar-refractivity contribution is 8.32. The summed E-state index contributed by atoms with van der Waals surface area (Å²) in [5.41, 5.74) is 7.60. The van der Waals surface area contributed by atoms with Crippen LogP contribution in [0.4, 0.5) is 31.2 Å². The molecule has 0 radical (unpaired) electrons. The molecule has 4 aliphatic rings. The van der Waals surface area contributed by atoms with Crippen LogP contribution in [-0.4, -0.2) is 164 Å². The molecular formula is C44H75F2N13O10P2S2Si. The van der Waals surface area contributed by atoms with Gasteiger partial charge in [0, 0.05) is 33.9 Å². The Hall–Kier alpha value is -3.21. The summed E-state index contributed by atoms with van der Waals surface area (Å²) in [6, 6.07) is 0.827. The lowest BCUT2D eigenvalue weighted by molar-refractivity contribution is -0.894. The van der Waals surface area contributed by atoms with Gasteiger partial charge in [-0.25, -0.2) is 28.5 Å². The average molecular weight is 1140 g/mol. The lowest BCUT2D eigenvalue weighted by Gasteiger charge is -2.34. The van der Waals surface area contributed by atoms with Gasteiger partial charge in [0.15, 0.2) is 36.3 Å². The van der Waals surface area contributed by atoms with Gasteiger partial charge in [-0.3, -0.25) is 9.13 Å². The number of imidazole rings is 1. The van der Waals surface area contributed by atoms with Gasteiger partial charge in [0.05, 0.1) is 70.8 Å². The zero-order valence-corrected chi connectivity index (χ0v) is 48.1. The topological polar surface area (TPSA) is 267 Å². The van der Waals surface area contributed by atoms with E-state index < -0.39 is 90.1 Å². The Kier molecular flexibility index (Phi) is 21.8. The van der Waals surface area contributed by atoms with E-state index in [9.17, 15) is 14.3 Å². The molecule has 1 amide bonds. The number of nitrogens with zero attached hydrogens (tertiary/aromatic N) is 7. The Labute approximate surface area is 443 Å². The Morgan fingerprint density at radius 2 is 1.58 bits per heavy atom. The van der Waals surface area contributed by atoms with Gasteiger partial charge < -0.3 is 85.5 Å². The number of nitrogens with two attached hydrogens (primary N) is 1. The minimum absolute atomic E-state index is 0.0268. The average Bonchev–Trinajstić information content (AvgIpc) is 4.07. The quantitative estimate of drug-likeness (QED) is 0.0432. The molecule has 0 aliphatic carbocycles. The number of aryl methyl sites for hydroxylation is 1. The molecule has 0 saturated carbocycles. The van der Waals surface area contributed by atoms with E-state index >= 15 is 8.78 Å². The normalized spacial score (nSPS) is 28.1. The number of fused-ring (bicyclic) bond motifs is 4. The standard InChI is InChI=1S/C32H45F2N11O10P2S2Si.2C6H15N/c1-60(2,3)10-9-49-32(46)38-8-7-37-31-42-25(35)22-28(43-31)45(15-41-22)30-24-20(33)17(52-30)12-50-56(47,58)54-23-18(13-51-57(48,59)55-24)53-29(21(23)34)44-11-16-5-4-6-36-26-19(16)27(44)40-14-39-26;2*1-4-7(5-2)6-3/h11,14-15,17-18,20-21,23-24,29-30H,4-10,12-13H2,1-3H3,(H,38,46)(H,47,58)(H,48,59)(H,36,39,40)(H3,35,37,42,43);2*4-6H2,1-3H3/t17-,18-,20-,21-,23-,24-,29-,30-,56?,57?;;/m1../s1. The molecule has 10 atom stereocenters. The maximum absolute atomic E-state index is 16.5. The number of nitrogen functional groups attached to an aromatic ring is 1. The van der Waals surface area contributed by atoms with Crippen molar-refractivity contribution in [3.63, 3.8) is 0 Å². The first-order valence-electron chi connectivity index (χ1n) is 25.4. The number of ether oxygens (including phenoxy) is 3. The molecule has 4 aromatic heterocycles. The number of carbonyl (C=O) groups excluding carboxylic acids is 1. The van der Waals surface area contributed by atoms with E-state index in [0.29, 0.717) is 36.4 Å². The van der Waals surface area contributed by atoms with Crippen molar-refractivity contribution in [2.24, 2.45) is 0 Å². The van der Waals surface area contributed by atoms with Crippen molar-refractivity contribution in [3.8, 4) is 0 Å². The van der Waals surface area contributed by atoms with Crippen LogP contribution in [0.25, 0.3) is 22.2 Å². The van der Waals surface area contributed by atoms with E-state index in [0.717, 1.165) is 18.0 Å². The van der Waals surface area contributed by atoms with Gasteiger partial charge in [0.2, 0.25) is 12.7 Å². The van der Waals surface area contributed by atoms with Crippen molar-refractivity contribution in [2.75, 3.05) is 95.1 Å². The number of rotatable bonds is 15.